The minimum atomic E-state index is -1.07. The number of carboxylic acids is 1. The van der Waals surface area contributed by atoms with Gasteiger partial charge in [0.15, 0.2) is 0 Å². The molecule has 2 amide bonds. The highest BCUT2D eigenvalue weighted by Gasteiger charge is 2.32. The Bertz CT molecular complexity index is 512. The molecule has 4 atom stereocenters. The van der Waals surface area contributed by atoms with Crippen molar-refractivity contribution in [2.45, 2.75) is 72.1 Å². The van der Waals surface area contributed by atoms with Crippen LogP contribution < -0.4 is 16.0 Å². The van der Waals surface area contributed by atoms with Crippen molar-refractivity contribution in [3.05, 3.63) is 0 Å². The zero-order valence-electron chi connectivity index (χ0n) is 17.1. The molecule has 0 bridgehead atoms. The number of hydrogen-bond donors (Lipinski definition) is 4. The Labute approximate surface area is 161 Å². The third-order valence-electron chi connectivity index (χ3n) is 4.81. The minimum absolute atomic E-state index is 0.0337. The van der Waals surface area contributed by atoms with Crippen molar-refractivity contribution in [2.75, 3.05) is 19.7 Å². The summed E-state index contributed by atoms with van der Waals surface area (Å²) in [6.07, 6.45) is 1.02. The van der Waals surface area contributed by atoms with Gasteiger partial charge < -0.3 is 25.8 Å². The summed E-state index contributed by atoms with van der Waals surface area (Å²) >= 11 is 0. The van der Waals surface area contributed by atoms with Crippen LogP contribution in [0.5, 0.6) is 0 Å². The highest BCUT2D eigenvalue weighted by atomic mass is 16.5. The van der Waals surface area contributed by atoms with Crippen LogP contribution in [0.4, 0.5) is 0 Å². The van der Waals surface area contributed by atoms with Gasteiger partial charge in [0.05, 0.1) is 6.61 Å². The Morgan fingerprint density at radius 2 is 1.93 bits per heavy atom. The number of morpholine rings is 1. The summed E-state index contributed by atoms with van der Waals surface area (Å²) in [5.41, 5.74) is -0.0337. The van der Waals surface area contributed by atoms with Gasteiger partial charge in [-0.15, -0.1) is 0 Å². The van der Waals surface area contributed by atoms with Gasteiger partial charge in [0.25, 0.3) is 5.91 Å². The van der Waals surface area contributed by atoms with Crippen LogP contribution in [0, 0.1) is 11.3 Å². The predicted octanol–water partition coefficient (Wildman–Crippen LogP) is 0.901. The molecule has 0 aromatic heterocycles. The van der Waals surface area contributed by atoms with Crippen LogP contribution in [-0.2, 0) is 19.1 Å². The summed E-state index contributed by atoms with van der Waals surface area (Å²) in [6, 6.07) is -1.78. The molecule has 0 radical (unpaired) electrons. The van der Waals surface area contributed by atoms with Gasteiger partial charge in [0, 0.05) is 13.1 Å². The van der Waals surface area contributed by atoms with E-state index in [1.807, 2.05) is 34.6 Å². The molecule has 1 saturated heterocycles. The molecule has 0 aliphatic carbocycles. The zero-order valence-corrected chi connectivity index (χ0v) is 17.1. The van der Waals surface area contributed by atoms with Crippen molar-refractivity contribution < 1.29 is 24.2 Å². The molecule has 1 aliphatic heterocycles. The van der Waals surface area contributed by atoms with E-state index in [0.717, 1.165) is 0 Å². The van der Waals surface area contributed by atoms with Crippen LogP contribution in [0.25, 0.3) is 0 Å². The maximum atomic E-state index is 12.8. The van der Waals surface area contributed by atoms with E-state index in [4.69, 9.17) is 4.74 Å². The topological polar surface area (TPSA) is 117 Å². The van der Waals surface area contributed by atoms with Crippen molar-refractivity contribution >= 4 is 17.8 Å². The van der Waals surface area contributed by atoms with Crippen molar-refractivity contribution in [3.8, 4) is 0 Å². The quantitative estimate of drug-likeness (QED) is 0.469. The predicted molar refractivity (Wildman–Crippen MR) is 102 cm³/mol. The third kappa shape index (κ3) is 8.26. The molecular weight excluding hydrogens is 350 g/mol. The molecular formula is C19H35N3O5. The molecule has 156 valence electrons. The Balaban J connectivity index is 2.77. The lowest BCUT2D eigenvalue weighted by molar-refractivity contribution is -0.143. The number of nitrogens with one attached hydrogen (secondary N) is 3. The van der Waals surface area contributed by atoms with E-state index in [1.165, 1.54) is 0 Å². The van der Waals surface area contributed by atoms with Gasteiger partial charge in [-0.2, -0.15) is 0 Å². The average molecular weight is 386 g/mol. The second-order valence-corrected chi connectivity index (χ2v) is 8.43. The van der Waals surface area contributed by atoms with Gasteiger partial charge in [-0.3, -0.25) is 9.59 Å². The van der Waals surface area contributed by atoms with Gasteiger partial charge in [0.1, 0.15) is 18.2 Å². The van der Waals surface area contributed by atoms with Gasteiger partial charge in [-0.1, -0.05) is 41.0 Å². The maximum Gasteiger partial charge on any atom is 0.326 e. The second kappa shape index (κ2) is 10.6. The minimum Gasteiger partial charge on any atom is -0.480 e. The number of carboxylic acid groups (broad SMARTS) is 1. The van der Waals surface area contributed by atoms with Crippen molar-refractivity contribution in [2.24, 2.45) is 11.3 Å². The summed E-state index contributed by atoms with van der Waals surface area (Å²) in [7, 11) is 0. The molecule has 27 heavy (non-hydrogen) atoms. The smallest absolute Gasteiger partial charge is 0.326 e. The first-order chi connectivity index (χ1) is 12.5. The number of rotatable bonds is 9. The van der Waals surface area contributed by atoms with Crippen molar-refractivity contribution in [3.63, 3.8) is 0 Å². The molecule has 0 aromatic carbocycles. The van der Waals surface area contributed by atoms with Crippen LogP contribution in [0.1, 0.15) is 53.9 Å². The monoisotopic (exact) mass is 385 g/mol. The van der Waals surface area contributed by atoms with Crippen molar-refractivity contribution in [1.29, 1.82) is 0 Å². The van der Waals surface area contributed by atoms with E-state index < -0.39 is 30.1 Å². The van der Waals surface area contributed by atoms with E-state index in [1.54, 1.807) is 0 Å². The van der Waals surface area contributed by atoms with Crippen LogP contribution >= 0.6 is 0 Å². The molecule has 0 spiro atoms. The summed E-state index contributed by atoms with van der Waals surface area (Å²) in [5, 5.41) is 17.9. The first-order valence-electron chi connectivity index (χ1n) is 9.71. The number of amides is 2. The maximum absolute atomic E-state index is 12.8. The lowest BCUT2D eigenvalue weighted by Gasteiger charge is -2.29. The highest BCUT2D eigenvalue weighted by molar-refractivity contribution is 5.91. The number of hydrogen-bond acceptors (Lipinski definition) is 5. The first-order valence-corrected chi connectivity index (χ1v) is 9.71. The van der Waals surface area contributed by atoms with Gasteiger partial charge >= 0.3 is 5.97 Å². The van der Waals surface area contributed by atoms with Gasteiger partial charge in [0.2, 0.25) is 5.91 Å². The van der Waals surface area contributed by atoms with E-state index in [-0.39, 0.29) is 17.2 Å². The van der Waals surface area contributed by atoms with E-state index >= 15 is 0 Å². The number of carbonyl (C=O) groups is 3. The number of carbonyl (C=O) groups excluding carboxylic acids is 2. The molecule has 8 nitrogen and oxygen atoms in total. The molecule has 0 saturated carbocycles. The fourth-order valence-corrected chi connectivity index (χ4v) is 2.78. The highest BCUT2D eigenvalue weighted by Crippen LogP contribution is 2.22. The lowest BCUT2D eigenvalue weighted by atomic mass is 9.88. The molecule has 1 heterocycles. The molecule has 4 N–H and O–H groups in total. The largest absolute Gasteiger partial charge is 0.480 e. The Hall–Kier alpha value is -1.67. The zero-order chi connectivity index (χ0) is 20.6. The Morgan fingerprint density at radius 1 is 1.26 bits per heavy atom. The average Bonchev–Trinajstić information content (AvgIpc) is 2.61. The molecule has 8 heteroatoms. The Morgan fingerprint density at radius 3 is 2.41 bits per heavy atom. The van der Waals surface area contributed by atoms with Gasteiger partial charge in [-0.25, -0.2) is 4.79 Å². The summed E-state index contributed by atoms with van der Waals surface area (Å²) in [5.74, 6) is -2.03. The van der Waals surface area contributed by atoms with Crippen LogP contribution in [0.2, 0.25) is 0 Å². The SMILES string of the molecule is CCC(C)C(NC(=O)[C@H]1CNCCO1)C(=O)N[C@@H](CCC(C)(C)C)C(=O)O. The summed E-state index contributed by atoms with van der Waals surface area (Å²) in [4.78, 5) is 36.7. The summed E-state index contributed by atoms with van der Waals surface area (Å²) in [6.45, 7) is 11.4. The van der Waals surface area contributed by atoms with Crippen LogP contribution in [0.15, 0.2) is 0 Å². The lowest BCUT2D eigenvalue weighted by Crippen LogP contribution is -2.57. The normalized spacial score (nSPS) is 21.0. The van der Waals surface area contributed by atoms with Gasteiger partial charge in [-0.05, 0) is 24.2 Å². The van der Waals surface area contributed by atoms with Crippen LogP contribution in [-0.4, -0.2) is 60.8 Å². The molecule has 2 unspecified atom stereocenters. The van der Waals surface area contributed by atoms with Crippen LogP contribution in [0.3, 0.4) is 0 Å². The second-order valence-electron chi connectivity index (χ2n) is 8.43. The molecule has 1 aliphatic rings. The van der Waals surface area contributed by atoms with E-state index in [9.17, 15) is 19.5 Å². The fraction of sp³-hybridized carbons (Fsp3) is 0.842. The van der Waals surface area contributed by atoms with E-state index in [0.29, 0.717) is 39.0 Å². The molecule has 1 fully saturated rings. The molecule has 0 aromatic rings. The molecule has 1 rings (SSSR count). The third-order valence-corrected chi connectivity index (χ3v) is 4.81. The summed E-state index contributed by atoms with van der Waals surface area (Å²) < 4.78 is 5.43. The van der Waals surface area contributed by atoms with E-state index in [2.05, 4.69) is 16.0 Å². The Kier molecular flexibility index (Phi) is 9.18. The number of ether oxygens (including phenoxy) is 1. The number of aliphatic carboxylic acids is 1. The first kappa shape index (κ1) is 23.4. The van der Waals surface area contributed by atoms with Crippen molar-refractivity contribution in [1.82, 2.24) is 16.0 Å². The fourth-order valence-electron chi connectivity index (χ4n) is 2.78. The standard InChI is InChI=1S/C19H35N3O5/c1-6-12(2)15(22-16(23)14-11-20-9-10-27-14)17(24)21-13(18(25)26)7-8-19(3,4)5/h12-15,20H,6-11H2,1-5H3,(H,21,24)(H,22,23)(H,25,26)/t12?,13-,14+,15?/m0/s1.